The molecule has 0 aliphatic carbocycles. The molecule has 0 saturated carbocycles. The molecule has 0 amide bonds. The molecule has 0 aliphatic heterocycles. The molecule has 0 saturated heterocycles. The second-order valence-electron chi connectivity index (χ2n) is 3.10. The van der Waals surface area contributed by atoms with Crippen LogP contribution in [0.5, 0.6) is 0 Å². The summed E-state index contributed by atoms with van der Waals surface area (Å²) in [6, 6.07) is 4.20. The molecule has 1 rings (SSSR count). The monoisotopic (exact) mass is 183 g/mol. The predicted octanol–water partition coefficient (Wildman–Crippen LogP) is 1.11. The van der Waals surface area contributed by atoms with Gasteiger partial charge in [-0.2, -0.15) is 0 Å². The first-order chi connectivity index (χ1) is 6.25. The lowest BCUT2D eigenvalue weighted by Gasteiger charge is -2.08. The van der Waals surface area contributed by atoms with E-state index in [1.54, 1.807) is 0 Å². The number of aliphatic hydroxyl groups excluding tert-OH is 1. The lowest BCUT2D eigenvalue weighted by Crippen LogP contribution is -2.10. The van der Waals surface area contributed by atoms with Gasteiger partial charge in [0.2, 0.25) is 0 Å². The largest absolute Gasteiger partial charge is 0.394 e. The van der Waals surface area contributed by atoms with Crippen molar-refractivity contribution in [1.29, 1.82) is 0 Å². The molecule has 1 aromatic heterocycles. The Hall–Kier alpha value is -0.800. The number of aliphatic hydroxyl groups is 1. The quantitative estimate of drug-likeness (QED) is 0.694. The fraction of sp³-hybridized carbons (Fsp3) is 0.600. The van der Waals surface area contributed by atoms with Crippen LogP contribution in [-0.4, -0.2) is 29.5 Å². The summed E-state index contributed by atoms with van der Waals surface area (Å²) in [5.41, 5.74) is 2.51. The van der Waals surface area contributed by atoms with Crippen LogP contribution in [-0.2, 0) is 11.3 Å². The van der Waals surface area contributed by atoms with E-state index in [1.807, 2.05) is 0 Å². The summed E-state index contributed by atoms with van der Waals surface area (Å²) in [7, 11) is 0. The Labute approximate surface area is 78.9 Å². The van der Waals surface area contributed by atoms with Gasteiger partial charge in [-0.15, -0.1) is 0 Å². The molecule has 1 heterocycles. The highest BCUT2D eigenvalue weighted by Gasteiger charge is 1.99. The van der Waals surface area contributed by atoms with Gasteiger partial charge in [-0.05, 0) is 26.0 Å². The van der Waals surface area contributed by atoms with E-state index in [0.29, 0.717) is 13.2 Å². The van der Waals surface area contributed by atoms with E-state index >= 15 is 0 Å². The van der Waals surface area contributed by atoms with Crippen LogP contribution >= 0.6 is 0 Å². The summed E-state index contributed by atoms with van der Waals surface area (Å²) in [4.78, 5) is 0. The van der Waals surface area contributed by atoms with Crippen molar-refractivity contribution in [2.75, 3.05) is 19.8 Å². The van der Waals surface area contributed by atoms with Crippen molar-refractivity contribution in [1.82, 2.24) is 4.57 Å². The van der Waals surface area contributed by atoms with Crippen molar-refractivity contribution in [3.05, 3.63) is 23.5 Å². The van der Waals surface area contributed by atoms with Crippen molar-refractivity contribution in [2.24, 2.45) is 0 Å². The zero-order valence-corrected chi connectivity index (χ0v) is 8.29. The maximum Gasteiger partial charge on any atom is 0.0698 e. The smallest absolute Gasteiger partial charge is 0.0698 e. The maximum atomic E-state index is 8.50. The Morgan fingerprint density at radius 1 is 1.23 bits per heavy atom. The van der Waals surface area contributed by atoms with Crippen LogP contribution in [0.1, 0.15) is 11.4 Å². The van der Waals surface area contributed by atoms with Gasteiger partial charge < -0.3 is 14.4 Å². The van der Waals surface area contributed by atoms with Crippen LogP contribution in [0.15, 0.2) is 12.1 Å². The van der Waals surface area contributed by atoms with Gasteiger partial charge in [0.1, 0.15) is 0 Å². The highest BCUT2D eigenvalue weighted by Crippen LogP contribution is 2.06. The average molecular weight is 183 g/mol. The third kappa shape index (κ3) is 2.86. The van der Waals surface area contributed by atoms with Crippen LogP contribution in [0.3, 0.4) is 0 Å². The normalized spacial score (nSPS) is 10.7. The van der Waals surface area contributed by atoms with Crippen molar-refractivity contribution >= 4 is 0 Å². The van der Waals surface area contributed by atoms with Gasteiger partial charge in [0, 0.05) is 17.9 Å². The lowest BCUT2D eigenvalue weighted by molar-refractivity contribution is 0.0866. The Kier molecular flexibility index (Phi) is 3.99. The standard InChI is InChI=1S/C10H17NO2/c1-9-3-4-10(2)11(9)5-7-13-8-6-12/h3-4,12H,5-8H2,1-2H3. The minimum atomic E-state index is 0.101. The van der Waals surface area contributed by atoms with Gasteiger partial charge in [0.15, 0.2) is 0 Å². The van der Waals surface area contributed by atoms with E-state index in [-0.39, 0.29) is 6.61 Å². The van der Waals surface area contributed by atoms with Crippen LogP contribution in [0.25, 0.3) is 0 Å². The summed E-state index contributed by atoms with van der Waals surface area (Å²) < 4.78 is 7.40. The number of hydrogen-bond acceptors (Lipinski definition) is 2. The minimum Gasteiger partial charge on any atom is -0.394 e. The van der Waals surface area contributed by atoms with Crippen LogP contribution < -0.4 is 0 Å². The molecule has 0 aromatic carbocycles. The third-order valence-electron chi connectivity index (χ3n) is 2.11. The second kappa shape index (κ2) is 5.04. The van der Waals surface area contributed by atoms with E-state index in [0.717, 1.165) is 6.54 Å². The van der Waals surface area contributed by atoms with Gasteiger partial charge in [-0.1, -0.05) is 0 Å². The highest BCUT2D eigenvalue weighted by atomic mass is 16.5. The molecule has 0 aliphatic rings. The number of rotatable bonds is 5. The fourth-order valence-corrected chi connectivity index (χ4v) is 1.37. The summed E-state index contributed by atoms with van der Waals surface area (Å²) in [6.07, 6.45) is 0. The van der Waals surface area contributed by atoms with Gasteiger partial charge in [0.25, 0.3) is 0 Å². The summed E-state index contributed by atoms with van der Waals surface area (Å²) in [6.45, 7) is 6.22. The topological polar surface area (TPSA) is 34.4 Å². The van der Waals surface area contributed by atoms with Gasteiger partial charge in [-0.25, -0.2) is 0 Å². The predicted molar refractivity (Wildman–Crippen MR) is 51.8 cm³/mol. The van der Waals surface area contributed by atoms with Gasteiger partial charge in [-0.3, -0.25) is 0 Å². The molecule has 74 valence electrons. The first kappa shape index (κ1) is 10.3. The highest BCUT2D eigenvalue weighted by molar-refractivity contribution is 5.13. The Morgan fingerprint density at radius 2 is 1.85 bits per heavy atom. The number of nitrogens with zero attached hydrogens (tertiary/aromatic N) is 1. The molecule has 13 heavy (non-hydrogen) atoms. The average Bonchev–Trinajstić information content (AvgIpc) is 2.42. The van der Waals surface area contributed by atoms with Crippen molar-refractivity contribution in [2.45, 2.75) is 20.4 Å². The summed E-state index contributed by atoms with van der Waals surface area (Å²) >= 11 is 0. The fourth-order valence-electron chi connectivity index (χ4n) is 1.37. The molecule has 0 unspecified atom stereocenters. The van der Waals surface area contributed by atoms with E-state index < -0.39 is 0 Å². The molecule has 0 radical (unpaired) electrons. The molecule has 0 spiro atoms. The molecule has 3 nitrogen and oxygen atoms in total. The molecular formula is C10H17NO2. The Balaban J connectivity index is 2.36. The Morgan fingerprint density at radius 3 is 2.38 bits per heavy atom. The van der Waals surface area contributed by atoms with Crippen LogP contribution in [0.2, 0.25) is 0 Å². The number of hydrogen-bond donors (Lipinski definition) is 1. The number of ether oxygens (including phenoxy) is 1. The van der Waals surface area contributed by atoms with Crippen molar-refractivity contribution in [3.63, 3.8) is 0 Å². The first-order valence-corrected chi connectivity index (χ1v) is 4.57. The summed E-state index contributed by atoms with van der Waals surface area (Å²) in [5, 5.41) is 8.50. The molecule has 0 atom stereocenters. The number of aryl methyl sites for hydroxylation is 2. The maximum absolute atomic E-state index is 8.50. The zero-order valence-electron chi connectivity index (χ0n) is 8.29. The number of aromatic nitrogens is 1. The Bertz CT molecular complexity index is 236. The zero-order chi connectivity index (χ0) is 9.68. The van der Waals surface area contributed by atoms with Crippen LogP contribution in [0.4, 0.5) is 0 Å². The first-order valence-electron chi connectivity index (χ1n) is 4.57. The van der Waals surface area contributed by atoms with E-state index in [9.17, 15) is 0 Å². The van der Waals surface area contributed by atoms with Gasteiger partial charge >= 0.3 is 0 Å². The van der Waals surface area contributed by atoms with Crippen molar-refractivity contribution < 1.29 is 9.84 Å². The van der Waals surface area contributed by atoms with E-state index in [4.69, 9.17) is 9.84 Å². The molecule has 1 N–H and O–H groups in total. The third-order valence-corrected chi connectivity index (χ3v) is 2.11. The second-order valence-corrected chi connectivity index (χ2v) is 3.10. The lowest BCUT2D eigenvalue weighted by atomic mass is 10.5. The SMILES string of the molecule is Cc1ccc(C)n1CCOCCO. The molecule has 0 fully saturated rings. The van der Waals surface area contributed by atoms with E-state index in [1.165, 1.54) is 11.4 Å². The van der Waals surface area contributed by atoms with Gasteiger partial charge in [0.05, 0.1) is 19.8 Å². The summed E-state index contributed by atoms with van der Waals surface area (Å²) in [5.74, 6) is 0. The molecule has 3 heteroatoms. The molecule has 1 aromatic rings. The van der Waals surface area contributed by atoms with Crippen molar-refractivity contribution in [3.8, 4) is 0 Å². The van der Waals surface area contributed by atoms with Crippen LogP contribution in [0, 0.1) is 13.8 Å². The molecule has 0 bridgehead atoms. The minimum absolute atomic E-state index is 0.101. The molecular weight excluding hydrogens is 166 g/mol. The van der Waals surface area contributed by atoms with E-state index in [2.05, 4.69) is 30.5 Å².